The highest BCUT2D eigenvalue weighted by molar-refractivity contribution is 5.21. The minimum absolute atomic E-state index is 0.564. The van der Waals surface area contributed by atoms with E-state index >= 15 is 0 Å². The number of hydrogen-bond acceptors (Lipinski definition) is 2. The van der Waals surface area contributed by atoms with Crippen molar-refractivity contribution in [2.24, 2.45) is 0 Å². The molecule has 1 fully saturated rings. The SMILES string of the molecule is C=C1CCC[C@@](C)(O)C1(C)OC. The molecule has 0 aromatic carbocycles. The van der Waals surface area contributed by atoms with Gasteiger partial charge in [0, 0.05) is 7.11 Å². The lowest BCUT2D eigenvalue weighted by Crippen LogP contribution is -2.54. The molecule has 0 spiro atoms. The van der Waals surface area contributed by atoms with Crippen LogP contribution in [0.25, 0.3) is 0 Å². The van der Waals surface area contributed by atoms with Crippen LogP contribution in [0.4, 0.5) is 0 Å². The van der Waals surface area contributed by atoms with Crippen molar-refractivity contribution in [3.63, 3.8) is 0 Å². The second kappa shape index (κ2) is 2.86. The number of ether oxygens (including phenoxy) is 1. The van der Waals surface area contributed by atoms with Crippen molar-refractivity contribution in [1.29, 1.82) is 0 Å². The van der Waals surface area contributed by atoms with Crippen molar-refractivity contribution in [1.82, 2.24) is 0 Å². The molecule has 12 heavy (non-hydrogen) atoms. The number of hydrogen-bond donors (Lipinski definition) is 1. The molecule has 0 aromatic heterocycles. The monoisotopic (exact) mass is 170 g/mol. The zero-order valence-corrected chi connectivity index (χ0v) is 8.18. The highest BCUT2D eigenvalue weighted by atomic mass is 16.5. The summed E-state index contributed by atoms with van der Waals surface area (Å²) in [5.41, 5.74) is -0.330. The molecule has 0 saturated heterocycles. The fourth-order valence-corrected chi connectivity index (χ4v) is 1.87. The van der Waals surface area contributed by atoms with E-state index in [1.807, 2.05) is 13.8 Å². The molecule has 0 heterocycles. The van der Waals surface area contributed by atoms with E-state index in [2.05, 4.69) is 6.58 Å². The summed E-state index contributed by atoms with van der Waals surface area (Å²) in [6, 6.07) is 0. The molecular weight excluding hydrogens is 152 g/mol. The van der Waals surface area contributed by atoms with Gasteiger partial charge in [-0.2, -0.15) is 0 Å². The summed E-state index contributed by atoms with van der Waals surface area (Å²) in [5, 5.41) is 10.1. The van der Waals surface area contributed by atoms with Crippen LogP contribution in [-0.2, 0) is 4.74 Å². The minimum atomic E-state index is -0.767. The predicted octanol–water partition coefficient (Wildman–Crippen LogP) is 1.88. The summed E-state index contributed by atoms with van der Waals surface area (Å²) in [4.78, 5) is 0. The van der Waals surface area contributed by atoms with E-state index in [0.717, 1.165) is 24.8 Å². The van der Waals surface area contributed by atoms with Crippen LogP contribution in [0, 0.1) is 0 Å². The van der Waals surface area contributed by atoms with Crippen LogP contribution in [0.2, 0.25) is 0 Å². The maximum atomic E-state index is 10.1. The van der Waals surface area contributed by atoms with Gasteiger partial charge >= 0.3 is 0 Å². The Hall–Kier alpha value is -0.340. The van der Waals surface area contributed by atoms with Gasteiger partial charge in [-0.05, 0) is 38.7 Å². The second-order valence-electron chi connectivity index (χ2n) is 3.97. The Morgan fingerprint density at radius 2 is 2.08 bits per heavy atom. The molecule has 1 saturated carbocycles. The van der Waals surface area contributed by atoms with Gasteiger partial charge < -0.3 is 9.84 Å². The average molecular weight is 170 g/mol. The Labute approximate surface area is 74.2 Å². The molecule has 2 nitrogen and oxygen atoms in total. The lowest BCUT2D eigenvalue weighted by atomic mass is 9.71. The molecule has 1 unspecified atom stereocenters. The van der Waals surface area contributed by atoms with Gasteiger partial charge in [0.15, 0.2) is 0 Å². The molecule has 0 radical (unpaired) electrons. The lowest BCUT2D eigenvalue weighted by molar-refractivity contribution is -0.143. The fourth-order valence-electron chi connectivity index (χ4n) is 1.87. The first kappa shape index (κ1) is 9.75. The average Bonchev–Trinajstić information content (AvgIpc) is 2.00. The maximum absolute atomic E-state index is 10.1. The Morgan fingerprint density at radius 1 is 1.50 bits per heavy atom. The molecule has 1 aliphatic carbocycles. The topological polar surface area (TPSA) is 29.5 Å². The third kappa shape index (κ3) is 1.19. The lowest BCUT2D eigenvalue weighted by Gasteiger charge is -2.46. The van der Waals surface area contributed by atoms with Crippen LogP contribution in [0.5, 0.6) is 0 Å². The van der Waals surface area contributed by atoms with E-state index in [1.54, 1.807) is 7.11 Å². The van der Waals surface area contributed by atoms with Gasteiger partial charge in [0.1, 0.15) is 5.60 Å². The van der Waals surface area contributed by atoms with Crippen molar-refractivity contribution in [3.05, 3.63) is 12.2 Å². The first-order valence-electron chi connectivity index (χ1n) is 4.40. The Kier molecular flexibility index (Phi) is 2.32. The first-order chi connectivity index (χ1) is 5.44. The van der Waals surface area contributed by atoms with Crippen LogP contribution in [0.3, 0.4) is 0 Å². The molecule has 70 valence electrons. The van der Waals surface area contributed by atoms with Crippen LogP contribution in [0.15, 0.2) is 12.2 Å². The molecule has 2 atom stereocenters. The van der Waals surface area contributed by atoms with Crippen LogP contribution in [-0.4, -0.2) is 23.4 Å². The van der Waals surface area contributed by atoms with Gasteiger partial charge in [0.2, 0.25) is 0 Å². The van der Waals surface area contributed by atoms with Gasteiger partial charge in [-0.3, -0.25) is 0 Å². The molecule has 0 aromatic rings. The van der Waals surface area contributed by atoms with Crippen molar-refractivity contribution >= 4 is 0 Å². The Bertz CT molecular complexity index is 196. The fraction of sp³-hybridized carbons (Fsp3) is 0.800. The largest absolute Gasteiger partial charge is 0.387 e. The Morgan fingerprint density at radius 3 is 2.42 bits per heavy atom. The van der Waals surface area contributed by atoms with Gasteiger partial charge in [-0.25, -0.2) is 0 Å². The van der Waals surface area contributed by atoms with E-state index < -0.39 is 11.2 Å². The highest BCUT2D eigenvalue weighted by Gasteiger charge is 2.47. The van der Waals surface area contributed by atoms with E-state index in [0.29, 0.717) is 0 Å². The zero-order chi connectivity index (χ0) is 9.41. The predicted molar refractivity (Wildman–Crippen MR) is 49.0 cm³/mol. The van der Waals surface area contributed by atoms with Crippen molar-refractivity contribution in [3.8, 4) is 0 Å². The number of methoxy groups -OCH3 is 1. The summed E-state index contributed by atoms with van der Waals surface area (Å²) in [6.45, 7) is 7.68. The maximum Gasteiger partial charge on any atom is 0.114 e. The quantitative estimate of drug-likeness (QED) is 0.609. The highest BCUT2D eigenvalue weighted by Crippen LogP contribution is 2.41. The molecule has 0 bridgehead atoms. The number of aliphatic hydroxyl groups is 1. The van der Waals surface area contributed by atoms with Gasteiger partial charge in [0.05, 0.1) is 5.60 Å². The summed E-state index contributed by atoms with van der Waals surface area (Å²) >= 11 is 0. The molecule has 1 rings (SSSR count). The summed E-state index contributed by atoms with van der Waals surface area (Å²) < 4.78 is 5.36. The molecule has 0 amide bonds. The summed E-state index contributed by atoms with van der Waals surface area (Å²) in [6.07, 6.45) is 2.75. The smallest absolute Gasteiger partial charge is 0.114 e. The molecule has 1 aliphatic rings. The van der Waals surface area contributed by atoms with Crippen molar-refractivity contribution < 1.29 is 9.84 Å². The molecule has 0 aliphatic heterocycles. The van der Waals surface area contributed by atoms with E-state index in [9.17, 15) is 5.11 Å². The van der Waals surface area contributed by atoms with Crippen molar-refractivity contribution in [2.45, 2.75) is 44.3 Å². The van der Waals surface area contributed by atoms with Gasteiger partial charge in [0.25, 0.3) is 0 Å². The zero-order valence-electron chi connectivity index (χ0n) is 8.18. The van der Waals surface area contributed by atoms with E-state index in [4.69, 9.17) is 4.74 Å². The Balaban J connectivity index is 2.96. The van der Waals surface area contributed by atoms with Crippen LogP contribution >= 0.6 is 0 Å². The number of rotatable bonds is 1. The second-order valence-corrected chi connectivity index (χ2v) is 3.97. The van der Waals surface area contributed by atoms with Gasteiger partial charge in [-0.15, -0.1) is 0 Å². The van der Waals surface area contributed by atoms with Gasteiger partial charge in [-0.1, -0.05) is 6.58 Å². The van der Waals surface area contributed by atoms with E-state index in [-0.39, 0.29) is 0 Å². The standard InChI is InChI=1S/C10H18O2/c1-8-6-5-7-9(2,11)10(8,3)12-4/h11H,1,5-7H2,2-4H3/t9-,10?/m1/s1. The normalized spacial score (nSPS) is 43.2. The molecule has 2 heteroatoms. The third-order valence-corrected chi connectivity index (χ3v) is 3.25. The summed E-state index contributed by atoms with van der Waals surface area (Å²) in [7, 11) is 1.63. The van der Waals surface area contributed by atoms with Crippen molar-refractivity contribution in [2.75, 3.05) is 7.11 Å². The first-order valence-corrected chi connectivity index (χ1v) is 4.40. The molecular formula is C10H18O2. The van der Waals surface area contributed by atoms with Crippen LogP contribution in [0.1, 0.15) is 33.1 Å². The van der Waals surface area contributed by atoms with E-state index in [1.165, 1.54) is 0 Å². The summed E-state index contributed by atoms with van der Waals surface area (Å²) in [5.74, 6) is 0. The molecule has 1 N–H and O–H groups in total. The minimum Gasteiger partial charge on any atom is -0.387 e. The van der Waals surface area contributed by atoms with Crippen LogP contribution < -0.4 is 0 Å². The third-order valence-electron chi connectivity index (χ3n) is 3.25.